The molecule has 6 heteroatoms. The molecule has 0 atom stereocenters. The van der Waals surface area contributed by atoms with Gasteiger partial charge in [0.2, 0.25) is 5.56 Å². The van der Waals surface area contributed by atoms with E-state index in [9.17, 15) is 4.79 Å². The number of ether oxygens (including phenoxy) is 1. The van der Waals surface area contributed by atoms with Crippen molar-refractivity contribution < 1.29 is 4.74 Å². The predicted octanol–water partition coefficient (Wildman–Crippen LogP) is 5.07. The number of benzene rings is 2. The molecule has 0 amide bonds. The molecular formula is C16H10Cl3NO2. The van der Waals surface area contributed by atoms with E-state index in [2.05, 4.69) is 4.98 Å². The van der Waals surface area contributed by atoms with Gasteiger partial charge in [0.05, 0.1) is 15.1 Å². The number of H-pyrrole nitrogens is 1. The van der Waals surface area contributed by atoms with Crippen molar-refractivity contribution in [2.24, 2.45) is 0 Å². The minimum Gasteiger partial charge on any atom is -0.487 e. The molecule has 112 valence electrons. The van der Waals surface area contributed by atoms with Crippen LogP contribution < -0.4 is 10.3 Å². The molecule has 3 nitrogen and oxygen atoms in total. The molecule has 1 heterocycles. The van der Waals surface area contributed by atoms with Crippen LogP contribution in [-0.2, 0) is 6.61 Å². The Balaban J connectivity index is 1.95. The molecule has 3 rings (SSSR count). The van der Waals surface area contributed by atoms with Crippen molar-refractivity contribution in [2.45, 2.75) is 6.61 Å². The van der Waals surface area contributed by atoms with Crippen LogP contribution >= 0.6 is 34.8 Å². The Labute approximate surface area is 141 Å². The first-order chi connectivity index (χ1) is 10.5. The van der Waals surface area contributed by atoms with E-state index in [0.717, 1.165) is 16.5 Å². The third-order valence-corrected chi connectivity index (χ3v) is 4.21. The van der Waals surface area contributed by atoms with Gasteiger partial charge in [-0.1, -0.05) is 53.0 Å². The number of aromatic nitrogens is 1. The van der Waals surface area contributed by atoms with Gasteiger partial charge in [0.1, 0.15) is 12.4 Å². The highest BCUT2D eigenvalue weighted by molar-refractivity contribution is 6.43. The van der Waals surface area contributed by atoms with Crippen LogP contribution in [0.25, 0.3) is 10.9 Å². The highest BCUT2D eigenvalue weighted by Gasteiger charge is 2.09. The molecule has 0 aliphatic rings. The van der Waals surface area contributed by atoms with E-state index in [1.165, 1.54) is 12.1 Å². The Morgan fingerprint density at radius 1 is 0.955 bits per heavy atom. The van der Waals surface area contributed by atoms with Gasteiger partial charge in [-0.25, -0.2) is 0 Å². The fourth-order valence-electron chi connectivity index (χ4n) is 2.17. The van der Waals surface area contributed by atoms with E-state index >= 15 is 0 Å². The number of pyridine rings is 1. The average molecular weight is 355 g/mol. The summed E-state index contributed by atoms with van der Waals surface area (Å²) in [5.74, 6) is 0.417. The first-order valence-electron chi connectivity index (χ1n) is 6.43. The number of halogens is 3. The second kappa shape index (κ2) is 6.21. The monoisotopic (exact) mass is 353 g/mol. The van der Waals surface area contributed by atoms with Crippen molar-refractivity contribution in [1.82, 2.24) is 4.98 Å². The summed E-state index contributed by atoms with van der Waals surface area (Å²) >= 11 is 17.9. The fraction of sp³-hybridized carbons (Fsp3) is 0.0625. The van der Waals surface area contributed by atoms with E-state index in [1.54, 1.807) is 6.07 Å². The molecule has 0 bridgehead atoms. The van der Waals surface area contributed by atoms with Gasteiger partial charge in [0.15, 0.2) is 0 Å². The molecule has 0 saturated heterocycles. The molecule has 1 aromatic heterocycles. The van der Waals surface area contributed by atoms with Gasteiger partial charge in [0, 0.05) is 28.6 Å². The lowest BCUT2D eigenvalue weighted by Gasteiger charge is -2.11. The molecule has 0 spiro atoms. The zero-order valence-corrected chi connectivity index (χ0v) is 13.5. The largest absolute Gasteiger partial charge is 0.487 e. The Morgan fingerprint density at radius 2 is 1.68 bits per heavy atom. The summed E-state index contributed by atoms with van der Waals surface area (Å²) in [5, 5.41) is 2.00. The number of hydrogen-bond donors (Lipinski definition) is 1. The van der Waals surface area contributed by atoms with E-state index in [1.807, 2.05) is 24.3 Å². The summed E-state index contributed by atoms with van der Waals surface area (Å²) in [5.41, 5.74) is 1.34. The number of para-hydroxylation sites is 1. The molecule has 0 aliphatic heterocycles. The molecule has 0 saturated carbocycles. The lowest BCUT2D eigenvalue weighted by Crippen LogP contribution is -2.08. The van der Waals surface area contributed by atoms with Crippen LogP contribution in [-0.4, -0.2) is 4.98 Å². The van der Waals surface area contributed by atoms with Gasteiger partial charge < -0.3 is 9.72 Å². The second-order valence-corrected chi connectivity index (χ2v) is 5.91. The van der Waals surface area contributed by atoms with E-state index in [-0.39, 0.29) is 12.2 Å². The Kier molecular flexibility index (Phi) is 4.30. The summed E-state index contributed by atoms with van der Waals surface area (Å²) in [6.45, 7) is 0.197. The Morgan fingerprint density at radius 3 is 2.50 bits per heavy atom. The minimum absolute atomic E-state index is 0.183. The van der Waals surface area contributed by atoms with Crippen molar-refractivity contribution in [3.8, 4) is 5.75 Å². The summed E-state index contributed by atoms with van der Waals surface area (Å²) < 4.78 is 5.69. The standard InChI is InChI=1S/C16H10Cl3NO2/c17-11-6-13(19)15(7-12(11)18)22-8-9-5-16(21)20-14-4-2-1-3-10(9)14/h1-7H,8H2,(H,20,21). The molecule has 1 N–H and O–H groups in total. The van der Waals surface area contributed by atoms with Gasteiger partial charge >= 0.3 is 0 Å². The highest BCUT2D eigenvalue weighted by atomic mass is 35.5. The summed E-state index contributed by atoms with van der Waals surface area (Å²) in [6.07, 6.45) is 0. The molecule has 2 aromatic carbocycles. The maximum atomic E-state index is 11.7. The number of nitrogens with one attached hydrogen (secondary N) is 1. The third kappa shape index (κ3) is 3.07. The first-order valence-corrected chi connectivity index (χ1v) is 7.56. The lowest BCUT2D eigenvalue weighted by atomic mass is 10.1. The minimum atomic E-state index is -0.183. The quantitative estimate of drug-likeness (QED) is 0.667. The van der Waals surface area contributed by atoms with Gasteiger partial charge in [-0.15, -0.1) is 0 Å². The van der Waals surface area contributed by atoms with Crippen LogP contribution in [0.2, 0.25) is 15.1 Å². The lowest BCUT2D eigenvalue weighted by molar-refractivity contribution is 0.307. The molecule has 0 aliphatic carbocycles. The van der Waals surface area contributed by atoms with Crippen LogP contribution in [0.3, 0.4) is 0 Å². The predicted molar refractivity (Wildman–Crippen MR) is 90.4 cm³/mol. The van der Waals surface area contributed by atoms with E-state index in [4.69, 9.17) is 39.5 Å². The molecule has 22 heavy (non-hydrogen) atoms. The molecular weight excluding hydrogens is 345 g/mol. The Bertz CT molecular complexity index is 906. The number of rotatable bonds is 3. The maximum Gasteiger partial charge on any atom is 0.248 e. The number of hydrogen-bond acceptors (Lipinski definition) is 2. The van der Waals surface area contributed by atoms with Crippen LogP contribution in [0.5, 0.6) is 5.75 Å². The number of aromatic amines is 1. The summed E-state index contributed by atoms with van der Waals surface area (Å²) in [7, 11) is 0. The zero-order valence-electron chi connectivity index (χ0n) is 11.2. The summed E-state index contributed by atoms with van der Waals surface area (Å²) in [6, 6.07) is 12.1. The van der Waals surface area contributed by atoms with E-state index < -0.39 is 0 Å². The zero-order chi connectivity index (χ0) is 15.7. The van der Waals surface area contributed by atoms with Crippen LogP contribution in [0, 0.1) is 0 Å². The molecule has 3 aromatic rings. The SMILES string of the molecule is O=c1cc(COc2cc(Cl)c(Cl)cc2Cl)c2ccccc2[nH]1. The molecule has 0 fully saturated rings. The van der Waals surface area contributed by atoms with Crippen molar-refractivity contribution in [2.75, 3.05) is 0 Å². The van der Waals surface area contributed by atoms with Crippen molar-refractivity contribution in [3.05, 3.63) is 73.4 Å². The van der Waals surface area contributed by atoms with Crippen molar-refractivity contribution in [1.29, 1.82) is 0 Å². The Hall–Kier alpha value is -1.68. The maximum absolute atomic E-state index is 11.7. The topological polar surface area (TPSA) is 42.1 Å². The van der Waals surface area contributed by atoms with Crippen molar-refractivity contribution in [3.63, 3.8) is 0 Å². The van der Waals surface area contributed by atoms with Crippen LogP contribution in [0.1, 0.15) is 5.56 Å². The fourth-order valence-corrected chi connectivity index (χ4v) is 2.76. The van der Waals surface area contributed by atoms with Gasteiger partial charge in [-0.2, -0.15) is 0 Å². The van der Waals surface area contributed by atoms with Crippen LogP contribution in [0.4, 0.5) is 0 Å². The van der Waals surface area contributed by atoms with Crippen LogP contribution in [0.15, 0.2) is 47.3 Å². The highest BCUT2D eigenvalue weighted by Crippen LogP contribution is 2.34. The first kappa shape index (κ1) is 15.2. The second-order valence-electron chi connectivity index (χ2n) is 4.69. The molecule has 0 radical (unpaired) electrons. The summed E-state index contributed by atoms with van der Waals surface area (Å²) in [4.78, 5) is 14.5. The van der Waals surface area contributed by atoms with E-state index in [0.29, 0.717) is 20.8 Å². The van der Waals surface area contributed by atoms with Gasteiger partial charge in [0.25, 0.3) is 0 Å². The average Bonchev–Trinajstić information content (AvgIpc) is 2.49. The van der Waals surface area contributed by atoms with Crippen molar-refractivity contribution >= 4 is 45.7 Å². The third-order valence-electron chi connectivity index (χ3n) is 3.19. The van der Waals surface area contributed by atoms with Gasteiger partial charge in [-0.3, -0.25) is 4.79 Å². The van der Waals surface area contributed by atoms with Gasteiger partial charge in [-0.05, 0) is 12.1 Å². The normalized spacial score (nSPS) is 10.9. The number of fused-ring (bicyclic) bond motifs is 1. The smallest absolute Gasteiger partial charge is 0.248 e. The molecule has 0 unspecified atom stereocenters.